The third-order valence-electron chi connectivity index (χ3n) is 6.20. The van der Waals surface area contributed by atoms with Gasteiger partial charge in [0.1, 0.15) is 11.4 Å². The maximum atomic E-state index is 12.8. The molecule has 1 heterocycles. The summed E-state index contributed by atoms with van der Waals surface area (Å²) in [7, 11) is 0. The van der Waals surface area contributed by atoms with Crippen molar-refractivity contribution in [2.45, 2.75) is 37.1 Å². The van der Waals surface area contributed by atoms with Crippen LogP contribution in [0.25, 0.3) is 0 Å². The molecule has 2 aliphatic carbocycles. The summed E-state index contributed by atoms with van der Waals surface area (Å²) < 4.78 is 0. The molecular formula is C25H23N3O4. The molecule has 1 aromatic heterocycles. The molecule has 2 aliphatic rings. The van der Waals surface area contributed by atoms with Gasteiger partial charge in [-0.1, -0.05) is 54.6 Å². The van der Waals surface area contributed by atoms with Gasteiger partial charge in [-0.2, -0.15) is 0 Å². The van der Waals surface area contributed by atoms with E-state index in [2.05, 4.69) is 15.6 Å². The van der Waals surface area contributed by atoms with Gasteiger partial charge in [0, 0.05) is 12.8 Å². The topological polar surface area (TPSA) is 112 Å². The van der Waals surface area contributed by atoms with Gasteiger partial charge in [0.05, 0.1) is 24.3 Å². The van der Waals surface area contributed by atoms with Crippen LogP contribution in [0.2, 0.25) is 0 Å². The van der Waals surface area contributed by atoms with Crippen molar-refractivity contribution in [3.8, 4) is 0 Å². The summed E-state index contributed by atoms with van der Waals surface area (Å²) >= 11 is 0. The lowest BCUT2D eigenvalue weighted by atomic mass is 10.1. The highest BCUT2D eigenvalue weighted by atomic mass is 16.3. The van der Waals surface area contributed by atoms with E-state index in [-0.39, 0.29) is 11.4 Å². The predicted octanol–water partition coefficient (Wildman–Crippen LogP) is 1.86. The second-order valence-electron chi connectivity index (χ2n) is 8.25. The number of pyridine rings is 1. The monoisotopic (exact) mass is 429 g/mol. The van der Waals surface area contributed by atoms with Crippen molar-refractivity contribution in [1.29, 1.82) is 0 Å². The molecule has 3 aromatic rings. The maximum absolute atomic E-state index is 12.8. The van der Waals surface area contributed by atoms with Gasteiger partial charge < -0.3 is 20.8 Å². The molecule has 0 saturated carbocycles. The lowest BCUT2D eigenvalue weighted by molar-refractivity contribution is 0.0845. The summed E-state index contributed by atoms with van der Waals surface area (Å²) in [6.07, 6.45) is -0.483. The standard InChI is InChI=1S/C25H23N3O4/c29-20-12-14-6-1-3-8-16(14)22(20)27-24(31)18-10-5-11-19(26-18)25(32)28-23-17-9-4-2-7-15(17)13-21(23)30/h1-11,20-23,29-30H,12-13H2,(H,27,31)(H,28,32)/t20-,21-,22+,23+/m1/s1. The summed E-state index contributed by atoms with van der Waals surface area (Å²) in [4.78, 5) is 29.9. The van der Waals surface area contributed by atoms with E-state index >= 15 is 0 Å². The molecular weight excluding hydrogens is 406 g/mol. The van der Waals surface area contributed by atoms with Crippen molar-refractivity contribution in [3.63, 3.8) is 0 Å². The van der Waals surface area contributed by atoms with Crippen molar-refractivity contribution < 1.29 is 19.8 Å². The van der Waals surface area contributed by atoms with Crippen LogP contribution in [0.1, 0.15) is 55.3 Å². The molecule has 4 atom stereocenters. The highest BCUT2D eigenvalue weighted by molar-refractivity contribution is 5.96. The van der Waals surface area contributed by atoms with Crippen molar-refractivity contribution in [2.24, 2.45) is 0 Å². The van der Waals surface area contributed by atoms with Crippen molar-refractivity contribution in [2.75, 3.05) is 0 Å². The molecule has 0 radical (unpaired) electrons. The molecule has 7 nitrogen and oxygen atoms in total. The molecule has 0 fully saturated rings. The first-order valence-electron chi connectivity index (χ1n) is 10.6. The Morgan fingerprint density at radius 2 is 1.12 bits per heavy atom. The normalized spacial score (nSPS) is 23.3. The Hall–Kier alpha value is -3.55. The molecule has 0 saturated heterocycles. The quantitative estimate of drug-likeness (QED) is 0.506. The predicted molar refractivity (Wildman–Crippen MR) is 117 cm³/mol. The molecule has 2 amide bonds. The van der Waals surface area contributed by atoms with E-state index in [4.69, 9.17) is 0 Å². The van der Waals surface area contributed by atoms with Crippen molar-refractivity contribution in [1.82, 2.24) is 15.6 Å². The van der Waals surface area contributed by atoms with Crippen LogP contribution in [0.3, 0.4) is 0 Å². The molecule has 0 spiro atoms. The van der Waals surface area contributed by atoms with Crippen LogP contribution in [-0.2, 0) is 12.8 Å². The highest BCUT2D eigenvalue weighted by Gasteiger charge is 2.34. The fourth-order valence-electron chi connectivity index (χ4n) is 4.61. The van der Waals surface area contributed by atoms with Gasteiger partial charge >= 0.3 is 0 Å². The zero-order valence-corrected chi connectivity index (χ0v) is 17.2. The lowest BCUT2D eigenvalue weighted by Gasteiger charge is -2.19. The number of hydrogen-bond acceptors (Lipinski definition) is 5. The molecule has 7 heteroatoms. The number of benzene rings is 2. The number of nitrogens with zero attached hydrogens (tertiary/aromatic N) is 1. The summed E-state index contributed by atoms with van der Waals surface area (Å²) in [6, 6.07) is 18.8. The number of aromatic nitrogens is 1. The Balaban J connectivity index is 1.32. The van der Waals surface area contributed by atoms with Gasteiger partial charge in [-0.25, -0.2) is 4.98 Å². The Labute approximate surface area is 185 Å². The third-order valence-corrected chi connectivity index (χ3v) is 6.20. The summed E-state index contributed by atoms with van der Waals surface area (Å²) in [5.74, 6) is -0.932. The average Bonchev–Trinajstić information content (AvgIpc) is 3.29. The number of rotatable bonds is 4. The van der Waals surface area contributed by atoms with E-state index in [0.717, 1.165) is 22.3 Å². The number of amides is 2. The van der Waals surface area contributed by atoms with Crippen LogP contribution in [0.5, 0.6) is 0 Å². The Morgan fingerprint density at radius 3 is 1.59 bits per heavy atom. The van der Waals surface area contributed by atoms with E-state index in [1.165, 1.54) is 12.1 Å². The van der Waals surface area contributed by atoms with Crippen LogP contribution in [0.15, 0.2) is 66.7 Å². The van der Waals surface area contributed by atoms with Crippen LogP contribution < -0.4 is 10.6 Å². The molecule has 5 rings (SSSR count). The molecule has 32 heavy (non-hydrogen) atoms. The lowest BCUT2D eigenvalue weighted by Crippen LogP contribution is -2.36. The zero-order chi connectivity index (χ0) is 22.2. The Morgan fingerprint density at radius 1 is 0.688 bits per heavy atom. The van der Waals surface area contributed by atoms with Gasteiger partial charge in [-0.3, -0.25) is 9.59 Å². The minimum atomic E-state index is -0.716. The first-order valence-corrected chi connectivity index (χ1v) is 10.6. The average molecular weight is 429 g/mol. The van der Waals surface area contributed by atoms with Crippen LogP contribution in [0.4, 0.5) is 0 Å². The van der Waals surface area contributed by atoms with Gasteiger partial charge in [0.25, 0.3) is 11.8 Å². The van der Waals surface area contributed by atoms with Crippen LogP contribution in [0, 0.1) is 0 Å². The Bertz CT molecular complexity index is 1110. The van der Waals surface area contributed by atoms with Crippen molar-refractivity contribution in [3.05, 3.63) is 100 Å². The zero-order valence-electron chi connectivity index (χ0n) is 17.2. The molecule has 2 aromatic carbocycles. The molecule has 0 bridgehead atoms. The van der Waals surface area contributed by atoms with E-state index in [9.17, 15) is 19.8 Å². The fourth-order valence-corrected chi connectivity index (χ4v) is 4.61. The van der Waals surface area contributed by atoms with Gasteiger partial charge in [0.15, 0.2) is 0 Å². The molecule has 0 aliphatic heterocycles. The first kappa shape index (κ1) is 20.4. The number of aliphatic hydroxyl groups is 2. The fraction of sp³-hybridized carbons (Fsp3) is 0.240. The van der Waals surface area contributed by atoms with Crippen molar-refractivity contribution >= 4 is 11.8 Å². The molecule has 162 valence electrons. The second kappa shape index (κ2) is 8.18. The van der Waals surface area contributed by atoms with E-state index in [1.807, 2.05) is 48.5 Å². The van der Waals surface area contributed by atoms with Crippen LogP contribution >= 0.6 is 0 Å². The minimum Gasteiger partial charge on any atom is -0.390 e. The summed E-state index contributed by atoms with van der Waals surface area (Å²) in [5.41, 5.74) is 3.94. The number of fused-ring (bicyclic) bond motifs is 2. The first-order chi connectivity index (χ1) is 15.5. The molecule has 0 unspecified atom stereocenters. The Kier molecular flexibility index (Phi) is 5.20. The largest absolute Gasteiger partial charge is 0.390 e. The van der Waals surface area contributed by atoms with E-state index in [0.29, 0.717) is 12.8 Å². The van der Waals surface area contributed by atoms with Gasteiger partial charge in [0.2, 0.25) is 0 Å². The number of aliphatic hydroxyl groups excluding tert-OH is 2. The maximum Gasteiger partial charge on any atom is 0.270 e. The number of nitrogens with one attached hydrogen (secondary N) is 2. The number of carbonyl (C=O) groups is 2. The number of hydrogen-bond donors (Lipinski definition) is 4. The molecule has 4 N–H and O–H groups in total. The highest BCUT2D eigenvalue weighted by Crippen LogP contribution is 2.32. The van der Waals surface area contributed by atoms with Gasteiger partial charge in [-0.15, -0.1) is 0 Å². The minimum absolute atomic E-state index is 0.0848. The second-order valence-corrected chi connectivity index (χ2v) is 8.25. The van der Waals surface area contributed by atoms with Crippen LogP contribution in [-0.4, -0.2) is 39.2 Å². The number of carbonyl (C=O) groups excluding carboxylic acids is 2. The third kappa shape index (κ3) is 3.66. The summed E-state index contributed by atoms with van der Waals surface area (Å²) in [5, 5.41) is 26.5. The summed E-state index contributed by atoms with van der Waals surface area (Å²) in [6.45, 7) is 0. The van der Waals surface area contributed by atoms with Gasteiger partial charge in [-0.05, 0) is 34.4 Å². The van der Waals surface area contributed by atoms with E-state index in [1.54, 1.807) is 6.07 Å². The smallest absolute Gasteiger partial charge is 0.270 e. The SMILES string of the molecule is O=C(N[C@H]1c2ccccc2C[C@H]1O)c1cccc(C(=O)N[C@H]2c3ccccc3C[C@H]2O)n1. The van der Waals surface area contributed by atoms with E-state index < -0.39 is 36.1 Å².